The Morgan fingerprint density at radius 1 is 1.10 bits per heavy atom. The van der Waals surface area contributed by atoms with Crippen LogP contribution in [-0.2, 0) is 14.8 Å². The van der Waals surface area contributed by atoms with Crippen LogP contribution < -0.4 is 9.47 Å². The molecule has 0 bridgehead atoms. The van der Waals surface area contributed by atoms with Crippen molar-refractivity contribution in [3.63, 3.8) is 0 Å². The van der Waals surface area contributed by atoms with E-state index in [1.165, 1.54) is 24.6 Å². The topological polar surface area (TPSA) is 79.4 Å². The van der Waals surface area contributed by atoms with Gasteiger partial charge in [-0.15, -0.1) is 0 Å². The first kappa shape index (κ1) is 23.4. The van der Waals surface area contributed by atoms with E-state index in [2.05, 4.69) is 6.92 Å². The van der Waals surface area contributed by atoms with Crippen LogP contribution in [0.3, 0.4) is 0 Å². The number of unbranched alkanes of at least 4 members (excludes halogenated alkanes) is 1. The van der Waals surface area contributed by atoms with Crippen molar-refractivity contribution in [2.24, 2.45) is 0 Å². The average Bonchev–Trinajstić information content (AvgIpc) is 2.74. The number of carbonyl (C=O) groups is 1. The van der Waals surface area contributed by atoms with Crippen molar-refractivity contribution in [1.82, 2.24) is 14.1 Å². The Labute approximate surface area is 174 Å². The Morgan fingerprint density at radius 3 is 2.34 bits per heavy atom. The molecule has 8 nitrogen and oxygen atoms in total. The Hall–Kier alpha value is -1.84. The minimum Gasteiger partial charge on any atom is -0.497 e. The van der Waals surface area contributed by atoms with E-state index in [0.717, 1.165) is 19.4 Å². The number of piperazine rings is 1. The first-order valence-electron chi connectivity index (χ1n) is 10.1. The van der Waals surface area contributed by atoms with Crippen LogP contribution in [0.2, 0.25) is 0 Å². The first-order chi connectivity index (χ1) is 13.9. The predicted molar refractivity (Wildman–Crippen MR) is 112 cm³/mol. The Morgan fingerprint density at radius 2 is 1.79 bits per heavy atom. The van der Waals surface area contributed by atoms with Crippen LogP contribution in [0, 0.1) is 0 Å². The van der Waals surface area contributed by atoms with E-state index < -0.39 is 10.0 Å². The molecular formula is C20H33N3O5S. The van der Waals surface area contributed by atoms with E-state index in [9.17, 15) is 13.2 Å². The van der Waals surface area contributed by atoms with Crippen molar-refractivity contribution in [3.8, 4) is 11.5 Å². The van der Waals surface area contributed by atoms with Crippen molar-refractivity contribution in [2.45, 2.75) is 31.6 Å². The molecule has 29 heavy (non-hydrogen) atoms. The summed E-state index contributed by atoms with van der Waals surface area (Å²) in [5, 5.41) is 0. The van der Waals surface area contributed by atoms with Crippen LogP contribution >= 0.6 is 0 Å². The lowest BCUT2D eigenvalue weighted by molar-refractivity contribution is -0.132. The average molecular weight is 428 g/mol. The van der Waals surface area contributed by atoms with Crippen LogP contribution in [0.4, 0.5) is 0 Å². The third-order valence-electron chi connectivity index (χ3n) is 5.19. The van der Waals surface area contributed by atoms with Gasteiger partial charge in [0, 0.05) is 45.3 Å². The summed E-state index contributed by atoms with van der Waals surface area (Å²) in [7, 11) is -0.775. The summed E-state index contributed by atoms with van der Waals surface area (Å²) in [6.07, 6.45) is 2.04. The quantitative estimate of drug-likeness (QED) is 0.565. The smallest absolute Gasteiger partial charge is 0.246 e. The second kappa shape index (κ2) is 10.8. The normalized spacial score (nSPS) is 15.9. The molecule has 1 amide bonds. The molecule has 1 saturated heterocycles. The zero-order valence-corrected chi connectivity index (χ0v) is 18.7. The molecule has 0 aromatic heterocycles. The summed E-state index contributed by atoms with van der Waals surface area (Å²) in [5.41, 5.74) is 0. The summed E-state index contributed by atoms with van der Waals surface area (Å²) >= 11 is 0. The van der Waals surface area contributed by atoms with Gasteiger partial charge in [-0.05, 0) is 25.5 Å². The number of nitrogens with zero attached hydrogens (tertiary/aromatic N) is 3. The molecule has 0 saturated carbocycles. The maximum absolute atomic E-state index is 13.1. The van der Waals surface area contributed by atoms with Crippen molar-refractivity contribution in [1.29, 1.82) is 0 Å². The van der Waals surface area contributed by atoms with Crippen molar-refractivity contribution < 1.29 is 22.7 Å². The second-order valence-corrected chi connectivity index (χ2v) is 8.93. The first-order valence-corrected chi connectivity index (χ1v) is 11.5. The highest BCUT2D eigenvalue weighted by atomic mass is 32.2. The van der Waals surface area contributed by atoms with Crippen LogP contribution in [-0.4, -0.2) is 88.5 Å². The summed E-state index contributed by atoms with van der Waals surface area (Å²) in [4.78, 5) is 16.5. The van der Waals surface area contributed by atoms with Crippen molar-refractivity contribution in [3.05, 3.63) is 18.2 Å². The molecule has 1 heterocycles. The lowest BCUT2D eigenvalue weighted by Crippen LogP contribution is -2.51. The number of carbonyl (C=O) groups excluding carboxylic acids is 1. The van der Waals surface area contributed by atoms with E-state index in [0.29, 0.717) is 45.0 Å². The number of hydrogen-bond donors (Lipinski definition) is 0. The summed E-state index contributed by atoms with van der Waals surface area (Å²) in [6, 6.07) is 4.74. The molecule has 2 rings (SSSR count). The van der Waals surface area contributed by atoms with Crippen LogP contribution in [0.15, 0.2) is 23.1 Å². The van der Waals surface area contributed by atoms with Crippen LogP contribution in [0.1, 0.15) is 26.7 Å². The second-order valence-electron chi connectivity index (χ2n) is 7.02. The molecule has 1 aliphatic heterocycles. The van der Waals surface area contributed by atoms with Gasteiger partial charge in [-0.25, -0.2) is 8.42 Å². The number of ether oxygens (including phenoxy) is 2. The summed E-state index contributed by atoms with van der Waals surface area (Å²) in [5.74, 6) is 0.852. The number of sulfonamides is 1. The number of amides is 1. The molecule has 0 atom stereocenters. The molecule has 0 unspecified atom stereocenters. The van der Waals surface area contributed by atoms with Gasteiger partial charge in [0.05, 0.1) is 20.8 Å². The molecule has 0 N–H and O–H groups in total. The molecule has 0 spiro atoms. The van der Waals surface area contributed by atoms with E-state index in [1.807, 2.05) is 16.7 Å². The standard InChI is InChI=1S/C20H33N3O5S/c1-5-7-10-22(6-2)20(24)16-21-11-13-23(14-12-21)29(25,26)19-15-17(27-3)8-9-18(19)28-4/h8-9,15H,5-7,10-14,16H2,1-4H3. The molecule has 164 valence electrons. The monoisotopic (exact) mass is 427 g/mol. The molecule has 1 aromatic rings. The van der Waals surface area contributed by atoms with Crippen LogP contribution in [0.5, 0.6) is 11.5 Å². The van der Waals surface area contributed by atoms with Crippen molar-refractivity contribution >= 4 is 15.9 Å². The van der Waals surface area contributed by atoms with Crippen molar-refractivity contribution in [2.75, 3.05) is 60.0 Å². The van der Waals surface area contributed by atoms with Gasteiger partial charge >= 0.3 is 0 Å². The highest BCUT2D eigenvalue weighted by Gasteiger charge is 2.32. The van der Waals surface area contributed by atoms with Gasteiger partial charge < -0.3 is 14.4 Å². The lowest BCUT2D eigenvalue weighted by atomic mass is 10.3. The fourth-order valence-electron chi connectivity index (χ4n) is 3.35. The molecule has 0 aliphatic carbocycles. The summed E-state index contributed by atoms with van der Waals surface area (Å²) in [6.45, 7) is 7.58. The maximum Gasteiger partial charge on any atom is 0.246 e. The van der Waals surface area contributed by atoms with Gasteiger partial charge in [0.2, 0.25) is 15.9 Å². The fraction of sp³-hybridized carbons (Fsp3) is 0.650. The highest BCUT2D eigenvalue weighted by Crippen LogP contribution is 2.31. The summed E-state index contributed by atoms with van der Waals surface area (Å²) < 4.78 is 38.1. The largest absolute Gasteiger partial charge is 0.497 e. The van der Waals surface area contributed by atoms with E-state index >= 15 is 0 Å². The number of methoxy groups -OCH3 is 2. The van der Waals surface area contributed by atoms with Gasteiger partial charge in [-0.2, -0.15) is 4.31 Å². The Bertz CT molecular complexity index is 776. The minimum absolute atomic E-state index is 0.0978. The highest BCUT2D eigenvalue weighted by molar-refractivity contribution is 7.89. The Balaban J connectivity index is 2.02. The fourth-order valence-corrected chi connectivity index (χ4v) is 4.94. The zero-order chi connectivity index (χ0) is 21.4. The molecular weight excluding hydrogens is 394 g/mol. The molecule has 1 aliphatic rings. The van der Waals surface area contributed by atoms with Gasteiger partial charge in [0.15, 0.2) is 0 Å². The lowest BCUT2D eigenvalue weighted by Gasteiger charge is -2.34. The third kappa shape index (κ3) is 5.83. The molecule has 0 radical (unpaired) electrons. The van der Waals surface area contributed by atoms with E-state index in [4.69, 9.17) is 9.47 Å². The zero-order valence-electron chi connectivity index (χ0n) is 17.9. The minimum atomic E-state index is -3.72. The number of hydrogen-bond acceptors (Lipinski definition) is 6. The van der Waals surface area contributed by atoms with Gasteiger partial charge in [0.25, 0.3) is 0 Å². The SMILES string of the molecule is CCCCN(CC)C(=O)CN1CCN(S(=O)(=O)c2cc(OC)ccc2OC)CC1. The van der Waals surface area contributed by atoms with Gasteiger partial charge in [0.1, 0.15) is 16.4 Å². The Kier molecular flexibility index (Phi) is 8.73. The number of benzene rings is 1. The number of rotatable bonds is 10. The maximum atomic E-state index is 13.1. The van der Waals surface area contributed by atoms with E-state index in [1.54, 1.807) is 12.1 Å². The number of likely N-dealkylation sites (N-methyl/N-ethyl adjacent to an activating group) is 1. The molecule has 1 fully saturated rings. The van der Waals surface area contributed by atoms with E-state index in [-0.39, 0.29) is 16.6 Å². The molecule has 1 aromatic carbocycles. The van der Waals surface area contributed by atoms with Crippen LogP contribution in [0.25, 0.3) is 0 Å². The predicted octanol–water partition coefficient (Wildman–Crippen LogP) is 1.66. The van der Waals surface area contributed by atoms with Gasteiger partial charge in [-0.1, -0.05) is 13.3 Å². The molecule has 9 heteroatoms. The third-order valence-corrected chi connectivity index (χ3v) is 7.11. The van der Waals surface area contributed by atoms with Gasteiger partial charge in [-0.3, -0.25) is 9.69 Å².